The van der Waals surface area contributed by atoms with Crippen molar-refractivity contribution in [1.82, 2.24) is 15.2 Å². The predicted molar refractivity (Wildman–Crippen MR) is 65.6 cm³/mol. The van der Waals surface area contributed by atoms with Crippen molar-refractivity contribution in [3.63, 3.8) is 0 Å². The van der Waals surface area contributed by atoms with Crippen molar-refractivity contribution in [2.45, 2.75) is 51.9 Å². The Labute approximate surface area is 101 Å². The average Bonchev–Trinajstić information content (AvgIpc) is 2.53. The van der Waals surface area contributed by atoms with Crippen LogP contribution in [0.2, 0.25) is 0 Å². The molecule has 1 aliphatic rings. The lowest BCUT2D eigenvalue weighted by Gasteiger charge is -2.12. The normalized spacial score (nSPS) is 17.7. The van der Waals surface area contributed by atoms with Crippen LogP contribution in [0.15, 0.2) is 0 Å². The van der Waals surface area contributed by atoms with Crippen LogP contribution in [-0.2, 0) is 4.79 Å². The quantitative estimate of drug-likeness (QED) is 0.792. The highest BCUT2D eigenvalue weighted by Gasteiger charge is 2.16. The van der Waals surface area contributed by atoms with Crippen LogP contribution < -0.4 is 5.32 Å². The van der Waals surface area contributed by atoms with E-state index in [1.165, 1.54) is 38.5 Å². The van der Waals surface area contributed by atoms with Crippen LogP contribution in [-0.4, -0.2) is 21.1 Å². The number of aryl methyl sites for hydroxylation is 1. The van der Waals surface area contributed by atoms with Gasteiger partial charge in [0.1, 0.15) is 5.82 Å². The molecule has 2 N–H and O–H groups in total. The van der Waals surface area contributed by atoms with Crippen LogP contribution in [0.1, 0.15) is 50.8 Å². The zero-order chi connectivity index (χ0) is 12.1. The minimum absolute atomic E-state index is 0.0379. The number of nitrogens with one attached hydrogen (secondary N) is 2. The third-order valence-electron chi connectivity index (χ3n) is 3.30. The number of carbonyl (C=O) groups is 1. The largest absolute Gasteiger partial charge is 0.293 e. The summed E-state index contributed by atoms with van der Waals surface area (Å²) in [5.41, 5.74) is 0. The van der Waals surface area contributed by atoms with Crippen molar-refractivity contribution >= 4 is 11.9 Å². The topological polar surface area (TPSA) is 70.7 Å². The molecule has 1 saturated carbocycles. The second-order valence-electron chi connectivity index (χ2n) is 4.85. The molecular formula is C12H20N4O. The van der Waals surface area contributed by atoms with Gasteiger partial charge in [0.15, 0.2) is 0 Å². The maximum atomic E-state index is 11.8. The molecular weight excluding hydrogens is 216 g/mol. The van der Waals surface area contributed by atoms with E-state index in [1.807, 2.05) is 6.92 Å². The molecule has 1 amide bonds. The molecule has 1 fully saturated rings. The van der Waals surface area contributed by atoms with Crippen LogP contribution in [0.25, 0.3) is 0 Å². The van der Waals surface area contributed by atoms with Crippen LogP contribution in [0, 0.1) is 12.8 Å². The maximum Gasteiger partial charge on any atom is 0.248 e. The minimum atomic E-state index is 0.0379. The van der Waals surface area contributed by atoms with Crippen molar-refractivity contribution in [1.29, 1.82) is 0 Å². The van der Waals surface area contributed by atoms with E-state index in [-0.39, 0.29) is 5.91 Å². The predicted octanol–water partition coefficient (Wildman–Crippen LogP) is 2.41. The van der Waals surface area contributed by atoms with Gasteiger partial charge in [-0.25, -0.2) is 0 Å². The van der Waals surface area contributed by atoms with Crippen molar-refractivity contribution in [3.05, 3.63) is 5.82 Å². The summed E-state index contributed by atoms with van der Waals surface area (Å²) in [6.07, 6.45) is 8.13. The van der Waals surface area contributed by atoms with Crippen LogP contribution in [0.4, 0.5) is 5.95 Å². The molecule has 1 heterocycles. The van der Waals surface area contributed by atoms with E-state index in [9.17, 15) is 4.79 Å². The van der Waals surface area contributed by atoms with Gasteiger partial charge in [-0.05, 0) is 25.7 Å². The number of rotatable bonds is 3. The number of nitrogens with zero attached hydrogens (tertiary/aromatic N) is 2. The Morgan fingerprint density at radius 2 is 2.06 bits per heavy atom. The number of hydrogen-bond acceptors (Lipinski definition) is 3. The lowest BCUT2D eigenvalue weighted by molar-refractivity contribution is -0.117. The van der Waals surface area contributed by atoms with E-state index in [4.69, 9.17) is 0 Å². The third-order valence-corrected chi connectivity index (χ3v) is 3.30. The van der Waals surface area contributed by atoms with Crippen molar-refractivity contribution < 1.29 is 4.79 Å². The SMILES string of the molecule is Cc1nc(NC(=O)CC2CCCCCC2)n[nH]1. The van der Waals surface area contributed by atoms with Gasteiger partial charge in [0.25, 0.3) is 0 Å². The Hall–Kier alpha value is -1.39. The summed E-state index contributed by atoms with van der Waals surface area (Å²) in [5, 5.41) is 9.35. The van der Waals surface area contributed by atoms with Crippen molar-refractivity contribution in [2.24, 2.45) is 5.92 Å². The highest BCUT2D eigenvalue weighted by molar-refractivity contribution is 5.89. The van der Waals surface area contributed by atoms with Crippen LogP contribution in [0.3, 0.4) is 0 Å². The van der Waals surface area contributed by atoms with Gasteiger partial charge in [-0.2, -0.15) is 4.98 Å². The first-order chi connectivity index (χ1) is 8.24. The van der Waals surface area contributed by atoms with Crippen molar-refractivity contribution in [3.8, 4) is 0 Å². The Balaban J connectivity index is 1.80. The summed E-state index contributed by atoms with van der Waals surface area (Å²) >= 11 is 0. The zero-order valence-corrected chi connectivity index (χ0v) is 10.3. The highest BCUT2D eigenvalue weighted by atomic mass is 16.1. The van der Waals surface area contributed by atoms with E-state index < -0.39 is 0 Å². The highest BCUT2D eigenvalue weighted by Crippen LogP contribution is 2.25. The average molecular weight is 236 g/mol. The molecule has 0 spiro atoms. The standard InChI is InChI=1S/C12H20N4O/c1-9-13-12(16-15-9)14-11(17)8-10-6-4-2-3-5-7-10/h10H,2-8H2,1H3,(H2,13,14,15,16,17). The third kappa shape index (κ3) is 3.84. The number of hydrogen-bond donors (Lipinski definition) is 2. The van der Waals surface area contributed by atoms with Crippen molar-refractivity contribution in [2.75, 3.05) is 5.32 Å². The number of aromatic amines is 1. The lowest BCUT2D eigenvalue weighted by Crippen LogP contribution is -2.17. The molecule has 0 radical (unpaired) electrons. The molecule has 0 saturated heterocycles. The summed E-state index contributed by atoms with van der Waals surface area (Å²) in [4.78, 5) is 15.9. The summed E-state index contributed by atoms with van der Waals surface area (Å²) in [6.45, 7) is 1.81. The fourth-order valence-corrected chi connectivity index (χ4v) is 2.40. The molecule has 2 rings (SSSR count). The number of anilines is 1. The molecule has 0 bridgehead atoms. The second kappa shape index (κ2) is 5.80. The number of aromatic nitrogens is 3. The summed E-state index contributed by atoms with van der Waals surface area (Å²) in [6, 6.07) is 0. The first-order valence-electron chi connectivity index (χ1n) is 6.43. The lowest BCUT2D eigenvalue weighted by atomic mass is 9.96. The molecule has 5 heteroatoms. The first kappa shape index (κ1) is 12.1. The van der Waals surface area contributed by atoms with E-state index in [0.29, 0.717) is 18.3 Å². The smallest absolute Gasteiger partial charge is 0.248 e. The van der Waals surface area contributed by atoms with Gasteiger partial charge in [0.2, 0.25) is 11.9 Å². The first-order valence-corrected chi connectivity index (χ1v) is 6.43. The molecule has 94 valence electrons. The van der Waals surface area contributed by atoms with E-state index in [1.54, 1.807) is 0 Å². The van der Waals surface area contributed by atoms with Gasteiger partial charge in [0, 0.05) is 6.42 Å². The van der Waals surface area contributed by atoms with Gasteiger partial charge in [0.05, 0.1) is 0 Å². The van der Waals surface area contributed by atoms with Gasteiger partial charge in [-0.15, -0.1) is 5.10 Å². The van der Waals surface area contributed by atoms with Gasteiger partial charge < -0.3 is 0 Å². The van der Waals surface area contributed by atoms with E-state index in [2.05, 4.69) is 20.5 Å². The molecule has 0 atom stereocenters. The molecule has 1 aromatic rings. The Bertz CT molecular complexity index is 366. The summed E-state index contributed by atoms with van der Waals surface area (Å²) in [5.74, 6) is 1.68. The van der Waals surface area contributed by atoms with Gasteiger partial charge in [-0.1, -0.05) is 25.7 Å². The minimum Gasteiger partial charge on any atom is -0.293 e. The summed E-state index contributed by atoms with van der Waals surface area (Å²) < 4.78 is 0. The molecule has 0 aromatic carbocycles. The number of amides is 1. The van der Waals surface area contributed by atoms with Gasteiger partial charge >= 0.3 is 0 Å². The molecule has 1 aliphatic carbocycles. The molecule has 0 aliphatic heterocycles. The Morgan fingerprint density at radius 1 is 1.35 bits per heavy atom. The fraction of sp³-hybridized carbons (Fsp3) is 0.750. The monoisotopic (exact) mass is 236 g/mol. The fourth-order valence-electron chi connectivity index (χ4n) is 2.40. The maximum absolute atomic E-state index is 11.8. The van der Waals surface area contributed by atoms with Crippen LogP contribution >= 0.6 is 0 Å². The summed E-state index contributed by atoms with van der Waals surface area (Å²) in [7, 11) is 0. The Kier molecular flexibility index (Phi) is 4.12. The number of carbonyl (C=O) groups excluding carboxylic acids is 1. The second-order valence-corrected chi connectivity index (χ2v) is 4.85. The molecule has 5 nitrogen and oxygen atoms in total. The molecule has 17 heavy (non-hydrogen) atoms. The van der Waals surface area contributed by atoms with E-state index in [0.717, 1.165) is 5.82 Å². The van der Waals surface area contributed by atoms with Gasteiger partial charge in [-0.3, -0.25) is 15.2 Å². The van der Waals surface area contributed by atoms with E-state index >= 15 is 0 Å². The number of H-pyrrole nitrogens is 1. The molecule has 1 aromatic heterocycles. The molecule has 0 unspecified atom stereocenters. The van der Waals surface area contributed by atoms with Crippen LogP contribution in [0.5, 0.6) is 0 Å². The zero-order valence-electron chi connectivity index (χ0n) is 10.3. The Morgan fingerprint density at radius 3 is 2.65 bits per heavy atom.